The van der Waals surface area contributed by atoms with Crippen LogP contribution < -0.4 is 10.0 Å². The number of amides is 1. The van der Waals surface area contributed by atoms with E-state index in [9.17, 15) is 23.3 Å². The molecule has 1 amide bonds. The van der Waals surface area contributed by atoms with Crippen molar-refractivity contribution in [1.29, 1.82) is 0 Å². The number of nitrogens with zero attached hydrogens (tertiary/aromatic N) is 1. The number of benzene rings is 2. The SMILES string of the molecule is CC(=O)Nc1cccc(NS(=O)(=O)c2cc(Cl)c(C)c([N+](=O)[O-])c2)c1C. The van der Waals surface area contributed by atoms with Crippen LogP contribution in [0.2, 0.25) is 5.02 Å². The number of carbonyl (C=O) groups is 1. The van der Waals surface area contributed by atoms with Gasteiger partial charge in [-0.3, -0.25) is 19.6 Å². The molecular weight excluding hydrogens is 382 g/mol. The number of nitro groups is 1. The van der Waals surface area contributed by atoms with Crippen molar-refractivity contribution in [2.45, 2.75) is 25.7 Å². The predicted molar refractivity (Wildman–Crippen MR) is 99.1 cm³/mol. The lowest BCUT2D eigenvalue weighted by Gasteiger charge is -2.14. The third-order valence-corrected chi connectivity index (χ3v) is 5.42. The van der Waals surface area contributed by atoms with E-state index in [1.54, 1.807) is 19.1 Å². The number of halogens is 1. The zero-order valence-corrected chi connectivity index (χ0v) is 15.7. The van der Waals surface area contributed by atoms with Crippen molar-refractivity contribution < 1.29 is 18.1 Å². The van der Waals surface area contributed by atoms with Crippen LogP contribution in [0.25, 0.3) is 0 Å². The number of hydrogen-bond acceptors (Lipinski definition) is 5. The van der Waals surface area contributed by atoms with E-state index in [2.05, 4.69) is 10.0 Å². The van der Waals surface area contributed by atoms with Gasteiger partial charge in [-0.1, -0.05) is 17.7 Å². The minimum absolute atomic E-state index is 0.0247. The minimum atomic E-state index is -4.13. The maximum absolute atomic E-state index is 12.6. The molecule has 0 aliphatic carbocycles. The second-order valence-electron chi connectivity index (χ2n) is 5.57. The van der Waals surface area contributed by atoms with Gasteiger partial charge in [-0.25, -0.2) is 8.42 Å². The summed E-state index contributed by atoms with van der Waals surface area (Å²) in [6.45, 7) is 4.41. The molecule has 8 nitrogen and oxygen atoms in total. The fourth-order valence-corrected chi connectivity index (χ4v) is 3.71. The molecule has 138 valence electrons. The number of hydrogen-bond donors (Lipinski definition) is 2. The summed E-state index contributed by atoms with van der Waals surface area (Å²) in [6.07, 6.45) is 0. The van der Waals surface area contributed by atoms with Crippen molar-refractivity contribution >= 4 is 44.6 Å². The molecule has 0 fully saturated rings. The largest absolute Gasteiger partial charge is 0.326 e. The van der Waals surface area contributed by atoms with E-state index in [1.165, 1.54) is 19.9 Å². The maximum Gasteiger partial charge on any atom is 0.275 e. The summed E-state index contributed by atoms with van der Waals surface area (Å²) in [5, 5.41) is 13.7. The molecule has 2 N–H and O–H groups in total. The Bertz CT molecular complexity index is 1010. The number of nitrogens with one attached hydrogen (secondary N) is 2. The lowest BCUT2D eigenvalue weighted by atomic mass is 10.1. The van der Waals surface area contributed by atoms with Crippen molar-refractivity contribution in [3.8, 4) is 0 Å². The van der Waals surface area contributed by atoms with Gasteiger partial charge in [0.15, 0.2) is 0 Å². The van der Waals surface area contributed by atoms with E-state index < -0.39 is 14.9 Å². The maximum atomic E-state index is 12.6. The molecule has 0 aliphatic rings. The van der Waals surface area contributed by atoms with Gasteiger partial charge >= 0.3 is 0 Å². The summed E-state index contributed by atoms with van der Waals surface area (Å²) in [5.74, 6) is -0.297. The van der Waals surface area contributed by atoms with Crippen LogP contribution in [0.5, 0.6) is 0 Å². The van der Waals surface area contributed by atoms with E-state index in [1.807, 2.05) is 0 Å². The van der Waals surface area contributed by atoms with Gasteiger partial charge in [-0.2, -0.15) is 0 Å². The number of sulfonamides is 1. The van der Waals surface area contributed by atoms with E-state index in [-0.39, 0.29) is 32.8 Å². The molecular formula is C16H16ClN3O5S. The number of anilines is 2. The topological polar surface area (TPSA) is 118 Å². The van der Waals surface area contributed by atoms with E-state index in [0.717, 1.165) is 12.1 Å². The Labute approximate surface area is 155 Å². The molecule has 2 aromatic rings. The van der Waals surface area contributed by atoms with Gasteiger partial charge in [0, 0.05) is 24.2 Å². The second kappa shape index (κ2) is 7.30. The van der Waals surface area contributed by atoms with Gasteiger partial charge in [0.05, 0.1) is 20.5 Å². The smallest absolute Gasteiger partial charge is 0.275 e. The summed E-state index contributed by atoms with van der Waals surface area (Å²) in [6, 6.07) is 6.82. The molecule has 2 aromatic carbocycles. The molecule has 0 radical (unpaired) electrons. The van der Waals surface area contributed by atoms with Crippen LogP contribution in [0.15, 0.2) is 35.2 Å². The van der Waals surface area contributed by atoms with Crippen molar-refractivity contribution in [2.24, 2.45) is 0 Å². The fourth-order valence-electron chi connectivity index (χ4n) is 2.26. The summed E-state index contributed by atoms with van der Waals surface area (Å²) < 4.78 is 27.7. The van der Waals surface area contributed by atoms with Gasteiger partial charge in [0.25, 0.3) is 15.7 Å². The molecule has 2 rings (SSSR count). The van der Waals surface area contributed by atoms with Gasteiger partial charge in [0.2, 0.25) is 5.91 Å². The summed E-state index contributed by atoms with van der Waals surface area (Å²) in [5.41, 5.74) is 0.973. The molecule has 10 heteroatoms. The normalized spacial score (nSPS) is 11.1. The Morgan fingerprint density at radius 1 is 1.15 bits per heavy atom. The first-order chi connectivity index (χ1) is 12.0. The van der Waals surface area contributed by atoms with E-state index >= 15 is 0 Å². The van der Waals surface area contributed by atoms with Crippen molar-refractivity contribution in [2.75, 3.05) is 10.0 Å². The Morgan fingerprint density at radius 3 is 2.35 bits per heavy atom. The summed E-state index contributed by atoms with van der Waals surface area (Å²) >= 11 is 5.94. The molecule has 0 aliphatic heterocycles. The molecule has 0 saturated heterocycles. The van der Waals surface area contributed by atoms with Gasteiger partial charge in [0.1, 0.15) is 0 Å². The van der Waals surface area contributed by atoms with Gasteiger partial charge in [-0.05, 0) is 37.6 Å². The zero-order chi connectivity index (χ0) is 19.6. The highest BCUT2D eigenvalue weighted by atomic mass is 35.5. The number of rotatable bonds is 5. The standard InChI is InChI=1S/C16H16ClN3O5S/c1-9-13(17)7-12(8-16(9)20(22)23)26(24,25)19-15-6-4-5-14(10(15)2)18-11(3)21/h4-8,19H,1-3H3,(H,18,21). The minimum Gasteiger partial charge on any atom is -0.326 e. The van der Waals surface area contributed by atoms with E-state index in [4.69, 9.17) is 11.6 Å². The highest BCUT2D eigenvalue weighted by molar-refractivity contribution is 7.92. The third-order valence-electron chi connectivity index (χ3n) is 3.69. The molecule has 0 spiro atoms. The van der Waals surface area contributed by atoms with Crippen LogP contribution in [0.4, 0.5) is 17.1 Å². The monoisotopic (exact) mass is 397 g/mol. The summed E-state index contributed by atoms with van der Waals surface area (Å²) in [7, 11) is -4.13. The van der Waals surface area contributed by atoms with Crippen molar-refractivity contribution in [1.82, 2.24) is 0 Å². The first kappa shape index (κ1) is 19.7. The molecule has 0 bridgehead atoms. The average Bonchev–Trinajstić information content (AvgIpc) is 2.52. The molecule has 0 unspecified atom stereocenters. The van der Waals surface area contributed by atoms with Gasteiger partial charge < -0.3 is 5.32 Å². The van der Waals surface area contributed by atoms with Gasteiger partial charge in [-0.15, -0.1) is 0 Å². The van der Waals surface area contributed by atoms with Crippen LogP contribution in [0.1, 0.15) is 18.1 Å². The average molecular weight is 398 g/mol. The summed E-state index contributed by atoms with van der Waals surface area (Å²) in [4.78, 5) is 21.3. The van der Waals surface area contributed by atoms with Crippen LogP contribution in [-0.4, -0.2) is 19.2 Å². The number of carbonyl (C=O) groups excluding carboxylic acids is 1. The molecule has 26 heavy (non-hydrogen) atoms. The first-order valence-electron chi connectivity index (χ1n) is 7.37. The first-order valence-corrected chi connectivity index (χ1v) is 9.23. The molecule has 0 heterocycles. The Hall–Kier alpha value is -2.65. The Morgan fingerprint density at radius 2 is 1.77 bits per heavy atom. The fraction of sp³-hybridized carbons (Fsp3) is 0.188. The van der Waals surface area contributed by atoms with Crippen LogP contribution in [-0.2, 0) is 14.8 Å². The molecule has 0 aromatic heterocycles. The van der Waals surface area contributed by atoms with E-state index in [0.29, 0.717) is 11.3 Å². The molecule has 0 atom stereocenters. The lowest BCUT2D eigenvalue weighted by molar-refractivity contribution is -0.385. The van der Waals surface area contributed by atoms with Crippen LogP contribution in [0, 0.1) is 24.0 Å². The Balaban J connectivity index is 2.48. The molecule has 0 saturated carbocycles. The van der Waals surface area contributed by atoms with Crippen molar-refractivity contribution in [3.63, 3.8) is 0 Å². The predicted octanol–water partition coefficient (Wildman–Crippen LogP) is 3.62. The Kier molecular flexibility index (Phi) is 5.53. The highest BCUT2D eigenvalue weighted by Gasteiger charge is 2.23. The second-order valence-corrected chi connectivity index (χ2v) is 7.66. The zero-order valence-electron chi connectivity index (χ0n) is 14.2. The number of nitro benzene ring substituents is 1. The van der Waals surface area contributed by atoms with Crippen LogP contribution in [0.3, 0.4) is 0 Å². The van der Waals surface area contributed by atoms with Crippen LogP contribution >= 0.6 is 11.6 Å². The highest BCUT2D eigenvalue weighted by Crippen LogP contribution is 2.31. The third kappa shape index (κ3) is 4.12. The lowest BCUT2D eigenvalue weighted by Crippen LogP contribution is -2.15. The quantitative estimate of drug-likeness (QED) is 0.589. The van der Waals surface area contributed by atoms with Crippen molar-refractivity contribution in [3.05, 3.63) is 56.6 Å².